The Labute approximate surface area is 177 Å². The highest BCUT2D eigenvalue weighted by molar-refractivity contribution is 5.82. The first-order valence-electron chi connectivity index (χ1n) is 11.2. The van der Waals surface area contributed by atoms with Gasteiger partial charge in [0.05, 0.1) is 6.10 Å². The second-order valence-corrected chi connectivity index (χ2v) is 8.75. The van der Waals surface area contributed by atoms with Crippen molar-refractivity contribution in [3.8, 4) is 5.75 Å². The maximum absolute atomic E-state index is 12.0. The number of Topliss-reactive ketones (excluding diaryl/α,β-unsaturated/α-hetero) is 1. The van der Waals surface area contributed by atoms with Crippen LogP contribution in [0.25, 0.3) is 0 Å². The first-order chi connectivity index (χ1) is 13.9. The van der Waals surface area contributed by atoms with E-state index in [-0.39, 0.29) is 11.5 Å². The molecule has 0 heterocycles. The Morgan fingerprint density at radius 1 is 1.03 bits per heavy atom. The molecule has 2 aromatic carbocycles. The average molecular weight is 395 g/mol. The molecule has 158 valence electrons. The molecule has 0 bridgehead atoms. The van der Waals surface area contributed by atoms with Crippen molar-refractivity contribution in [3.63, 3.8) is 0 Å². The van der Waals surface area contributed by atoms with Gasteiger partial charge in [-0.15, -0.1) is 0 Å². The van der Waals surface area contributed by atoms with Gasteiger partial charge in [-0.05, 0) is 83.4 Å². The van der Waals surface area contributed by atoms with Crippen LogP contribution in [0, 0.1) is 12.3 Å². The lowest BCUT2D eigenvalue weighted by molar-refractivity contribution is -0.129. The minimum Gasteiger partial charge on any atom is -0.491 e. The second kappa shape index (κ2) is 11.2. The molecule has 1 aliphatic rings. The summed E-state index contributed by atoms with van der Waals surface area (Å²) in [6, 6.07) is 18.9. The average Bonchev–Trinajstić information content (AvgIpc) is 2.71. The molecule has 2 aromatic rings. The number of carbonyl (C=O) groups is 1. The van der Waals surface area contributed by atoms with Crippen LogP contribution in [0.2, 0.25) is 0 Å². The fourth-order valence-corrected chi connectivity index (χ4v) is 4.37. The molecule has 0 amide bonds. The molecule has 29 heavy (non-hydrogen) atoms. The highest BCUT2D eigenvalue weighted by Gasteiger charge is 2.38. The third-order valence-electron chi connectivity index (χ3n) is 6.08. The summed E-state index contributed by atoms with van der Waals surface area (Å²) in [5.41, 5.74) is 2.72. The molecule has 2 heteroatoms. The lowest BCUT2D eigenvalue weighted by Crippen LogP contribution is -2.33. The number of ketones is 1. The maximum Gasteiger partial charge on any atom is 0.135 e. The van der Waals surface area contributed by atoms with Crippen molar-refractivity contribution in [1.82, 2.24) is 0 Å². The minimum atomic E-state index is 0.0000301. The van der Waals surface area contributed by atoms with Crippen LogP contribution in [-0.4, -0.2) is 11.9 Å². The molecule has 1 saturated carbocycles. The van der Waals surface area contributed by atoms with Gasteiger partial charge in [-0.3, -0.25) is 4.79 Å². The van der Waals surface area contributed by atoms with Crippen LogP contribution in [0.5, 0.6) is 5.75 Å². The molecule has 2 nitrogen and oxygen atoms in total. The summed E-state index contributed by atoms with van der Waals surface area (Å²) < 4.78 is 5.47. The third-order valence-corrected chi connectivity index (χ3v) is 6.08. The van der Waals surface area contributed by atoms with Crippen LogP contribution in [-0.2, 0) is 4.79 Å². The van der Waals surface area contributed by atoms with E-state index in [0.29, 0.717) is 11.7 Å². The zero-order valence-corrected chi connectivity index (χ0v) is 18.9. The number of rotatable bonds is 6. The zero-order valence-electron chi connectivity index (χ0n) is 18.9. The van der Waals surface area contributed by atoms with E-state index in [2.05, 4.69) is 56.3 Å². The van der Waals surface area contributed by atoms with Crippen LogP contribution in [0.1, 0.15) is 83.3 Å². The van der Waals surface area contributed by atoms with Crippen molar-refractivity contribution in [2.24, 2.45) is 5.41 Å². The monoisotopic (exact) mass is 394 g/mol. The second-order valence-electron chi connectivity index (χ2n) is 8.75. The largest absolute Gasteiger partial charge is 0.491 e. The Kier molecular flexibility index (Phi) is 8.95. The number of hydrogen-bond donors (Lipinski definition) is 0. The lowest BCUT2D eigenvalue weighted by atomic mass is 9.65. The first-order valence-corrected chi connectivity index (χ1v) is 11.2. The fourth-order valence-electron chi connectivity index (χ4n) is 4.37. The van der Waals surface area contributed by atoms with E-state index in [9.17, 15) is 4.79 Å². The highest BCUT2D eigenvalue weighted by atomic mass is 16.5. The SMILES string of the molecule is CCCC1(C(C)=O)CCC(c2ccccc2)CC1.Cc1ccc(OC(C)C)cc1. The molecule has 0 aliphatic heterocycles. The first kappa shape index (κ1) is 23.2. The molecule has 0 atom stereocenters. The molecule has 3 rings (SSSR count). The van der Waals surface area contributed by atoms with Crippen LogP contribution >= 0.6 is 0 Å². The quantitative estimate of drug-likeness (QED) is 0.507. The number of ether oxygens (including phenoxy) is 1. The third kappa shape index (κ3) is 7.03. The molecular formula is C27H38O2. The zero-order chi connectivity index (χ0) is 21.3. The summed E-state index contributed by atoms with van der Waals surface area (Å²) >= 11 is 0. The Bertz CT molecular complexity index is 723. The summed E-state index contributed by atoms with van der Waals surface area (Å²) in [6.45, 7) is 10.1. The van der Waals surface area contributed by atoms with Crippen molar-refractivity contribution in [2.75, 3.05) is 0 Å². The Balaban J connectivity index is 0.000000234. The molecule has 0 radical (unpaired) electrons. The maximum atomic E-state index is 12.0. The van der Waals surface area contributed by atoms with Gasteiger partial charge in [0.15, 0.2) is 0 Å². The van der Waals surface area contributed by atoms with Gasteiger partial charge in [-0.2, -0.15) is 0 Å². The van der Waals surface area contributed by atoms with Crippen molar-refractivity contribution in [3.05, 3.63) is 65.7 Å². The number of benzene rings is 2. The molecule has 0 unspecified atom stereocenters. The molecule has 1 aliphatic carbocycles. The highest BCUT2D eigenvalue weighted by Crippen LogP contribution is 2.46. The van der Waals surface area contributed by atoms with Gasteiger partial charge in [-0.25, -0.2) is 0 Å². The Morgan fingerprint density at radius 3 is 2.10 bits per heavy atom. The van der Waals surface area contributed by atoms with Crippen LogP contribution < -0.4 is 4.74 Å². The standard InChI is InChI=1S/C17H24O.C10H14O/c1-3-11-17(14(2)18)12-9-16(10-13-17)15-7-5-4-6-8-15;1-8(2)11-10-6-4-9(3)5-7-10/h4-8,16H,3,9-13H2,1-2H3;4-8H,1-3H3. The van der Waals surface area contributed by atoms with Crippen molar-refractivity contribution >= 4 is 5.78 Å². The van der Waals surface area contributed by atoms with Gasteiger partial charge >= 0.3 is 0 Å². The van der Waals surface area contributed by atoms with E-state index in [0.717, 1.165) is 31.4 Å². The molecule has 0 N–H and O–H groups in total. The predicted molar refractivity (Wildman–Crippen MR) is 123 cm³/mol. The minimum absolute atomic E-state index is 0.0000301. The normalized spacial score (nSPS) is 21.2. The number of aryl methyl sites for hydroxylation is 1. The van der Waals surface area contributed by atoms with E-state index < -0.39 is 0 Å². The van der Waals surface area contributed by atoms with E-state index >= 15 is 0 Å². The van der Waals surface area contributed by atoms with Gasteiger partial charge in [0.2, 0.25) is 0 Å². The summed E-state index contributed by atoms with van der Waals surface area (Å²) in [6.07, 6.45) is 6.95. The summed E-state index contributed by atoms with van der Waals surface area (Å²) in [4.78, 5) is 12.0. The van der Waals surface area contributed by atoms with Gasteiger partial charge in [-0.1, -0.05) is 61.4 Å². The van der Waals surface area contributed by atoms with Crippen LogP contribution in [0.3, 0.4) is 0 Å². The van der Waals surface area contributed by atoms with E-state index in [1.54, 1.807) is 6.92 Å². The van der Waals surface area contributed by atoms with E-state index in [4.69, 9.17) is 4.74 Å². The Morgan fingerprint density at radius 2 is 1.62 bits per heavy atom. The summed E-state index contributed by atoms with van der Waals surface area (Å²) in [5, 5.41) is 0. The van der Waals surface area contributed by atoms with E-state index in [1.807, 2.05) is 26.0 Å². The van der Waals surface area contributed by atoms with Gasteiger partial charge < -0.3 is 4.74 Å². The van der Waals surface area contributed by atoms with Crippen molar-refractivity contribution in [2.45, 2.75) is 85.2 Å². The molecule has 0 saturated heterocycles. The number of hydrogen-bond acceptors (Lipinski definition) is 2. The summed E-state index contributed by atoms with van der Waals surface area (Å²) in [7, 11) is 0. The number of carbonyl (C=O) groups excluding carboxylic acids is 1. The lowest BCUT2D eigenvalue weighted by Gasteiger charge is -2.38. The molecular weight excluding hydrogens is 356 g/mol. The van der Waals surface area contributed by atoms with Gasteiger partial charge in [0.25, 0.3) is 0 Å². The smallest absolute Gasteiger partial charge is 0.135 e. The fraction of sp³-hybridized carbons (Fsp3) is 0.519. The Hall–Kier alpha value is -2.09. The van der Waals surface area contributed by atoms with Crippen LogP contribution in [0.15, 0.2) is 54.6 Å². The molecule has 0 spiro atoms. The predicted octanol–water partition coefficient (Wildman–Crippen LogP) is 7.50. The van der Waals surface area contributed by atoms with Crippen molar-refractivity contribution in [1.29, 1.82) is 0 Å². The van der Waals surface area contributed by atoms with Crippen molar-refractivity contribution < 1.29 is 9.53 Å². The summed E-state index contributed by atoms with van der Waals surface area (Å²) in [5.74, 6) is 2.02. The molecule has 0 aromatic heterocycles. The van der Waals surface area contributed by atoms with E-state index in [1.165, 1.54) is 24.0 Å². The van der Waals surface area contributed by atoms with Gasteiger partial charge in [0, 0.05) is 5.41 Å². The van der Waals surface area contributed by atoms with Crippen LogP contribution in [0.4, 0.5) is 0 Å². The van der Waals surface area contributed by atoms with Gasteiger partial charge in [0.1, 0.15) is 11.5 Å². The topological polar surface area (TPSA) is 26.3 Å². The molecule has 1 fully saturated rings.